The largest absolute Gasteiger partial charge is 0.444 e. The fraction of sp³-hybridized carbons (Fsp3) is 0.875. The number of ether oxygens (including phenoxy) is 2. The molecule has 2 amide bonds. The first-order valence-corrected chi connectivity index (χ1v) is 9.69. The van der Waals surface area contributed by atoms with Crippen molar-refractivity contribution in [2.75, 3.05) is 11.0 Å². The summed E-state index contributed by atoms with van der Waals surface area (Å²) in [6, 6.07) is -1.41. The molecule has 0 unspecified atom stereocenters. The Kier molecular flexibility index (Phi) is 7.34. The van der Waals surface area contributed by atoms with E-state index in [1.165, 1.54) is 4.90 Å². The second-order valence-electron chi connectivity index (χ2n) is 8.04. The molecule has 0 radical (unpaired) electrons. The maximum absolute atomic E-state index is 12.5. The predicted octanol–water partition coefficient (Wildman–Crippen LogP) is 1.66. The summed E-state index contributed by atoms with van der Waals surface area (Å²) in [6.45, 7) is 10.4. The molecule has 8 nitrogen and oxygen atoms in total. The number of aliphatic hydroxyl groups is 2. The van der Waals surface area contributed by atoms with Gasteiger partial charge in [-0.05, 0) is 41.5 Å². The minimum atomic E-state index is -1.19. The lowest BCUT2D eigenvalue weighted by atomic mass is 10.1. The van der Waals surface area contributed by atoms with Gasteiger partial charge in [0.25, 0.3) is 0 Å². The van der Waals surface area contributed by atoms with Crippen molar-refractivity contribution in [3.05, 3.63) is 0 Å². The molecule has 1 aliphatic heterocycles. The lowest BCUT2D eigenvalue weighted by molar-refractivity contribution is 0.00892. The molecule has 0 spiro atoms. The van der Waals surface area contributed by atoms with Crippen LogP contribution in [-0.2, 0) is 9.47 Å². The van der Waals surface area contributed by atoms with Crippen LogP contribution >= 0.6 is 22.6 Å². The van der Waals surface area contributed by atoms with E-state index in [1.54, 1.807) is 41.5 Å². The Morgan fingerprint density at radius 2 is 1.48 bits per heavy atom. The highest BCUT2D eigenvalue weighted by Crippen LogP contribution is 2.28. The van der Waals surface area contributed by atoms with E-state index in [2.05, 4.69) is 5.32 Å². The minimum absolute atomic E-state index is 0.0560. The summed E-state index contributed by atoms with van der Waals surface area (Å²) in [5.41, 5.74) is -1.37. The van der Waals surface area contributed by atoms with Crippen molar-refractivity contribution in [1.29, 1.82) is 0 Å². The van der Waals surface area contributed by atoms with Crippen LogP contribution in [0.4, 0.5) is 9.59 Å². The van der Waals surface area contributed by atoms with Gasteiger partial charge in [-0.25, -0.2) is 9.59 Å². The molecule has 146 valence electrons. The zero-order chi connectivity index (χ0) is 19.6. The second-order valence-corrected chi connectivity index (χ2v) is 8.92. The molecular formula is C16H29IN2O6. The number of alkyl halides is 1. The van der Waals surface area contributed by atoms with E-state index >= 15 is 0 Å². The molecule has 4 atom stereocenters. The summed E-state index contributed by atoms with van der Waals surface area (Å²) in [4.78, 5) is 25.7. The molecule has 0 bridgehead atoms. The molecule has 0 aliphatic carbocycles. The first kappa shape index (κ1) is 22.2. The highest BCUT2D eigenvalue weighted by Gasteiger charge is 2.50. The van der Waals surface area contributed by atoms with Crippen LogP contribution in [0.15, 0.2) is 0 Å². The first-order chi connectivity index (χ1) is 11.3. The smallest absolute Gasteiger partial charge is 0.411 e. The summed E-state index contributed by atoms with van der Waals surface area (Å²) in [6.07, 6.45) is -3.60. The number of halogens is 1. The van der Waals surface area contributed by atoms with Crippen molar-refractivity contribution in [2.45, 2.75) is 77.0 Å². The zero-order valence-electron chi connectivity index (χ0n) is 15.6. The van der Waals surface area contributed by atoms with Gasteiger partial charge >= 0.3 is 12.2 Å². The summed E-state index contributed by atoms with van der Waals surface area (Å²) in [5.74, 6) is 0. The van der Waals surface area contributed by atoms with Crippen LogP contribution in [0.2, 0.25) is 0 Å². The number of likely N-dealkylation sites (tertiary alicyclic amines) is 1. The zero-order valence-corrected chi connectivity index (χ0v) is 17.7. The SMILES string of the molecule is CC(C)(C)OC(=O)NC[C@@H]1[C@@H](O)[C@H](O)[C@H](CI)N1C(=O)OC(C)(C)C. The van der Waals surface area contributed by atoms with Gasteiger partial charge in [0.05, 0.1) is 12.1 Å². The predicted molar refractivity (Wildman–Crippen MR) is 101 cm³/mol. The van der Waals surface area contributed by atoms with Crippen molar-refractivity contribution in [3.8, 4) is 0 Å². The van der Waals surface area contributed by atoms with Gasteiger partial charge in [-0.1, -0.05) is 22.6 Å². The molecule has 9 heteroatoms. The molecule has 0 aromatic rings. The van der Waals surface area contributed by atoms with Gasteiger partial charge in [-0.2, -0.15) is 0 Å². The van der Waals surface area contributed by atoms with Gasteiger partial charge in [0.2, 0.25) is 0 Å². The summed E-state index contributed by atoms with van der Waals surface area (Å²) in [7, 11) is 0. The van der Waals surface area contributed by atoms with Crippen molar-refractivity contribution in [1.82, 2.24) is 10.2 Å². The number of carbonyl (C=O) groups excluding carboxylic acids is 2. The van der Waals surface area contributed by atoms with E-state index < -0.39 is 47.7 Å². The number of hydrogen-bond acceptors (Lipinski definition) is 6. The fourth-order valence-electron chi connectivity index (χ4n) is 2.50. The number of aliphatic hydroxyl groups excluding tert-OH is 2. The highest BCUT2D eigenvalue weighted by molar-refractivity contribution is 14.1. The van der Waals surface area contributed by atoms with E-state index in [0.29, 0.717) is 4.43 Å². The fourth-order valence-corrected chi connectivity index (χ4v) is 3.45. The Bertz CT molecular complexity index is 488. The third-order valence-electron chi connectivity index (χ3n) is 3.47. The number of amides is 2. The highest BCUT2D eigenvalue weighted by atomic mass is 127. The average Bonchev–Trinajstić information content (AvgIpc) is 2.65. The Morgan fingerprint density at radius 3 is 1.92 bits per heavy atom. The molecule has 1 heterocycles. The van der Waals surface area contributed by atoms with Gasteiger partial charge in [0.1, 0.15) is 23.4 Å². The van der Waals surface area contributed by atoms with Crippen LogP contribution < -0.4 is 5.32 Å². The van der Waals surface area contributed by atoms with Crippen LogP contribution in [0.1, 0.15) is 41.5 Å². The normalized spacial score (nSPS) is 27.2. The summed E-state index contributed by atoms with van der Waals surface area (Å²) in [5, 5.41) is 23.1. The number of rotatable bonds is 3. The van der Waals surface area contributed by atoms with Crippen molar-refractivity contribution in [2.24, 2.45) is 0 Å². The molecule has 0 aromatic heterocycles. The molecule has 3 N–H and O–H groups in total. The molecule has 0 saturated carbocycles. The Balaban J connectivity index is 2.88. The molecule has 0 aromatic carbocycles. The standard InChI is InChI=1S/C16H29IN2O6/c1-15(2,3)24-13(22)18-8-10-12(21)11(20)9(7-17)19(10)14(23)25-16(4,5)6/h9-12,20-21H,7-8H2,1-6H3,(H,18,22)/t9-,10+,11+,12+/m0/s1. The number of alkyl carbamates (subject to hydrolysis) is 1. The minimum Gasteiger partial charge on any atom is -0.444 e. The van der Waals surface area contributed by atoms with E-state index in [4.69, 9.17) is 9.47 Å². The lowest BCUT2D eigenvalue weighted by Crippen LogP contribution is -2.51. The topological polar surface area (TPSA) is 108 Å². The molecular weight excluding hydrogens is 443 g/mol. The Labute approximate surface area is 162 Å². The van der Waals surface area contributed by atoms with Gasteiger partial charge in [0, 0.05) is 11.0 Å². The number of nitrogens with one attached hydrogen (secondary N) is 1. The number of carbonyl (C=O) groups is 2. The Morgan fingerprint density at radius 1 is 1.00 bits per heavy atom. The van der Waals surface area contributed by atoms with Crippen molar-refractivity contribution < 1.29 is 29.3 Å². The van der Waals surface area contributed by atoms with Crippen LogP contribution in [0.3, 0.4) is 0 Å². The number of nitrogens with zero attached hydrogens (tertiary/aromatic N) is 1. The average molecular weight is 472 g/mol. The quantitative estimate of drug-likeness (QED) is 0.426. The van der Waals surface area contributed by atoms with E-state index in [-0.39, 0.29) is 6.54 Å². The van der Waals surface area contributed by atoms with Crippen LogP contribution in [-0.4, -0.2) is 73.8 Å². The monoisotopic (exact) mass is 472 g/mol. The molecule has 1 fully saturated rings. The third kappa shape index (κ3) is 6.45. The van der Waals surface area contributed by atoms with Gasteiger partial charge < -0.3 is 25.0 Å². The van der Waals surface area contributed by atoms with Crippen molar-refractivity contribution in [3.63, 3.8) is 0 Å². The number of hydrogen-bond donors (Lipinski definition) is 3. The maximum atomic E-state index is 12.5. The Hall–Kier alpha value is -0.810. The summed E-state index contributed by atoms with van der Waals surface area (Å²) < 4.78 is 11.0. The summed E-state index contributed by atoms with van der Waals surface area (Å²) >= 11 is 2.04. The first-order valence-electron chi connectivity index (χ1n) is 8.17. The molecule has 25 heavy (non-hydrogen) atoms. The van der Waals surface area contributed by atoms with Crippen LogP contribution in [0.25, 0.3) is 0 Å². The molecule has 1 saturated heterocycles. The van der Waals surface area contributed by atoms with Gasteiger partial charge in [0.15, 0.2) is 0 Å². The maximum Gasteiger partial charge on any atom is 0.411 e. The van der Waals surface area contributed by atoms with E-state index in [1.807, 2.05) is 22.6 Å². The molecule has 1 rings (SSSR count). The van der Waals surface area contributed by atoms with E-state index in [9.17, 15) is 19.8 Å². The molecule has 1 aliphatic rings. The third-order valence-corrected chi connectivity index (χ3v) is 4.37. The van der Waals surface area contributed by atoms with Crippen LogP contribution in [0, 0.1) is 0 Å². The second kappa shape index (κ2) is 8.26. The van der Waals surface area contributed by atoms with Crippen molar-refractivity contribution >= 4 is 34.8 Å². The van der Waals surface area contributed by atoms with Gasteiger partial charge in [-0.15, -0.1) is 0 Å². The van der Waals surface area contributed by atoms with E-state index in [0.717, 1.165) is 0 Å². The van der Waals surface area contributed by atoms with Crippen LogP contribution in [0.5, 0.6) is 0 Å². The lowest BCUT2D eigenvalue weighted by Gasteiger charge is -2.32. The van der Waals surface area contributed by atoms with Gasteiger partial charge in [-0.3, -0.25) is 4.90 Å².